The summed E-state index contributed by atoms with van der Waals surface area (Å²) < 4.78 is 31.9. The van der Waals surface area contributed by atoms with Gasteiger partial charge >= 0.3 is 0 Å². The molecule has 0 saturated carbocycles. The Morgan fingerprint density at radius 3 is 2.59 bits per heavy atom. The molecule has 29 heavy (non-hydrogen) atoms. The van der Waals surface area contributed by atoms with Gasteiger partial charge in [-0.3, -0.25) is 4.79 Å². The number of carbonyl (C=O) groups excluding carboxylic acids is 1. The van der Waals surface area contributed by atoms with E-state index >= 15 is 0 Å². The van der Waals surface area contributed by atoms with Crippen molar-refractivity contribution in [1.82, 2.24) is 14.7 Å². The SMILES string of the molecule is CNC(=O)c1cc(F)c(-c2nc3cc(C)ccn3c2CC2CCSCC2)c(F)c1. The number of pyridine rings is 1. The van der Waals surface area contributed by atoms with Crippen LogP contribution in [0.1, 0.15) is 34.5 Å². The number of rotatable bonds is 4. The lowest BCUT2D eigenvalue weighted by atomic mass is 9.94. The number of benzene rings is 1. The Hall–Kier alpha value is -2.41. The van der Waals surface area contributed by atoms with Gasteiger partial charge < -0.3 is 9.72 Å². The van der Waals surface area contributed by atoms with E-state index in [0.29, 0.717) is 17.3 Å². The van der Waals surface area contributed by atoms with Crippen molar-refractivity contribution in [1.29, 1.82) is 0 Å². The van der Waals surface area contributed by atoms with Crippen molar-refractivity contribution in [2.45, 2.75) is 26.2 Å². The minimum Gasteiger partial charge on any atom is -0.355 e. The molecule has 0 unspecified atom stereocenters. The van der Waals surface area contributed by atoms with Crippen LogP contribution in [0.2, 0.25) is 0 Å². The molecular weight excluding hydrogens is 392 g/mol. The summed E-state index contributed by atoms with van der Waals surface area (Å²) in [7, 11) is 1.43. The molecule has 3 heterocycles. The van der Waals surface area contributed by atoms with Crippen LogP contribution in [-0.4, -0.2) is 33.8 Å². The molecule has 7 heteroatoms. The van der Waals surface area contributed by atoms with Crippen molar-refractivity contribution in [2.24, 2.45) is 5.92 Å². The molecule has 0 aliphatic carbocycles. The van der Waals surface area contributed by atoms with E-state index in [4.69, 9.17) is 0 Å². The number of thioether (sulfide) groups is 1. The van der Waals surface area contributed by atoms with Crippen LogP contribution in [0, 0.1) is 24.5 Å². The van der Waals surface area contributed by atoms with E-state index < -0.39 is 17.5 Å². The number of amides is 1. The summed E-state index contributed by atoms with van der Waals surface area (Å²) >= 11 is 1.95. The second-order valence-electron chi connectivity index (χ2n) is 7.49. The molecule has 0 bridgehead atoms. The van der Waals surface area contributed by atoms with Gasteiger partial charge in [-0.25, -0.2) is 13.8 Å². The van der Waals surface area contributed by atoms with Gasteiger partial charge in [0, 0.05) is 18.8 Å². The maximum Gasteiger partial charge on any atom is 0.251 e. The van der Waals surface area contributed by atoms with Crippen molar-refractivity contribution in [3.63, 3.8) is 0 Å². The largest absolute Gasteiger partial charge is 0.355 e. The summed E-state index contributed by atoms with van der Waals surface area (Å²) in [6, 6.07) is 6.04. The van der Waals surface area contributed by atoms with Gasteiger partial charge in [0.1, 0.15) is 17.3 Å². The Morgan fingerprint density at radius 1 is 1.24 bits per heavy atom. The first-order chi connectivity index (χ1) is 14.0. The van der Waals surface area contributed by atoms with Gasteiger partial charge in [-0.05, 0) is 73.4 Å². The second kappa shape index (κ2) is 8.14. The summed E-state index contributed by atoms with van der Waals surface area (Å²) in [6.45, 7) is 1.96. The molecule has 152 valence electrons. The summed E-state index contributed by atoms with van der Waals surface area (Å²) in [5.41, 5.74) is 2.64. The third kappa shape index (κ3) is 3.88. The quantitative estimate of drug-likeness (QED) is 0.676. The van der Waals surface area contributed by atoms with Gasteiger partial charge in [0.2, 0.25) is 0 Å². The van der Waals surface area contributed by atoms with Crippen LogP contribution in [0.15, 0.2) is 30.5 Å². The first-order valence-electron chi connectivity index (χ1n) is 9.74. The average molecular weight is 416 g/mol. The van der Waals surface area contributed by atoms with E-state index in [2.05, 4.69) is 10.3 Å². The van der Waals surface area contributed by atoms with Gasteiger partial charge in [0.05, 0.1) is 17.0 Å². The average Bonchev–Trinajstić information content (AvgIpc) is 3.04. The fourth-order valence-corrected chi connectivity index (χ4v) is 5.10. The van der Waals surface area contributed by atoms with Crippen molar-refractivity contribution in [3.05, 3.63) is 58.9 Å². The molecule has 1 aliphatic heterocycles. The molecule has 4 rings (SSSR count). The lowest BCUT2D eigenvalue weighted by Gasteiger charge is -2.21. The number of imidazole rings is 1. The van der Waals surface area contributed by atoms with Gasteiger partial charge in [-0.15, -0.1) is 0 Å². The van der Waals surface area contributed by atoms with E-state index in [1.807, 2.05) is 41.4 Å². The maximum absolute atomic E-state index is 15.0. The van der Waals surface area contributed by atoms with E-state index in [9.17, 15) is 13.6 Å². The normalized spacial score (nSPS) is 15.0. The van der Waals surface area contributed by atoms with Crippen LogP contribution < -0.4 is 5.32 Å². The van der Waals surface area contributed by atoms with Crippen LogP contribution >= 0.6 is 11.8 Å². The highest BCUT2D eigenvalue weighted by molar-refractivity contribution is 7.99. The van der Waals surface area contributed by atoms with Gasteiger partial charge in [-0.2, -0.15) is 11.8 Å². The van der Waals surface area contributed by atoms with E-state index in [0.717, 1.165) is 54.2 Å². The van der Waals surface area contributed by atoms with Crippen LogP contribution in [0.25, 0.3) is 16.9 Å². The monoisotopic (exact) mass is 415 g/mol. The van der Waals surface area contributed by atoms with E-state index in [1.54, 1.807) is 0 Å². The lowest BCUT2D eigenvalue weighted by Crippen LogP contribution is -2.18. The van der Waals surface area contributed by atoms with Crippen molar-refractivity contribution in [3.8, 4) is 11.3 Å². The Bertz CT molecular complexity index is 1050. The topological polar surface area (TPSA) is 46.4 Å². The van der Waals surface area contributed by atoms with Crippen LogP contribution in [0.5, 0.6) is 0 Å². The Balaban J connectivity index is 1.86. The summed E-state index contributed by atoms with van der Waals surface area (Å²) in [5, 5.41) is 2.39. The molecule has 4 nitrogen and oxygen atoms in total. The predicted octanol–water partition coefficient (Wildman–Crippen LogP) is 4.63. The fraction of sp³-hybridized carbons (Fsp3) is 0.364. The first-order valence-corrected chi connectivity index (χ1v) is 10.9. The highest BCUT2D eigenvalue weighted by Crippen LogP contribution is 2.34. The molecule has 1 N–H and O–H groups in total. The first kappa shape index (κ1) is 19.9. The molecule has 1 saturated heterocycles. The predicted molar refractivity (Wildman–Crippen MR) is 112 cm³/mol. The molecule has 0 radical (unpaired) electrons. The van der Waals surface area contributed by atoms with Gasteiger partial charge in [-0.1, -0.05) is 0 Å². The summed E-state index contributed by atoms with van der Waals surface area (Å²) in [5.74, 6) is 0.611. The summed E-state index contributed by atoms with van der Waals surface area (Å²) in [4.78, 5) is 16.4. The molecule has 1 aromatic carbocycles. The molecule has 1 amide bonds. The second-order valence-corrected chi connectivity index (χ2v) is 8.72. The smallest absolute Gasteiger partial charge is 0.251 e. The van der Waals surface area contributed by atoms with Crippen LogP contribution in [0.3, 0.4) is 0 Å². The van der Waals surface area contributed by atoms with Crippen molar-refractivity contribution >= 4 is 23.3 Å². The number of hydrogen-bond donors (Lipinski definition) is 1. The highest BCUT2D eigenvalue weighted by Gasteiger charge is 2.25. The van der Waals surface area contributed by atoms with Crippen LogP contribution in [-0.2, 0) is 6.42 Å². The zero-order valence-electron chi connectivity index (χ0n) is 16.5. The zero-order valence-corrected chi connectivity index (χ0v) is 17.3. The molecule has 0 atom stereocenters. The third-order valence-corrected chi connectivity index (χ3v) is 6.52. The molecule has 0 spiro atoms. The van der Waals surface area contributed by atoms with Gasteiger partial charge in [0.15, 0.2) is 0 Å². The van der Waals surface area contributed by atoms with E-state index in [-0.39, 0.29) is 11.1 Å². The van der Waals surface area contributed by atoms with Crippen LogP contribution in [0.4, 0.5) is 8.78 Å². The molecule has 1 fully saturated rings. The Morgan fingerprint density at radius 2 is 1.93 bits per heavy atom. The minimum atomic E-state index is -0.774. The molecular formula is C22H23F2N3OS. The number of nitrogens with zero attached hydrogens (tertiary/aromatic N) is 2. The minimum absolute atomic E-state index is 0.0447. The third-order valence-electron chi connectivity index (χ3n) is 5.47. The fourth-order valence-electron chi connectivity index (χ4n) is 3.89. The summed E-state index contributed by atoms with van der Waals surface area (Å²) in [6.07, 6.45) is 4.81. The molecule has 2 aromatic heterocycles. The lowest BCUT2D eigenvalue weighted by molar-refractivity contribution is 0.0962. The Kier molecular flexibility index (Phi) is 5.58. The number of fused-ring (bicyclic) bond motifs is 1. The highest BCUT2D eigenvalue weighted by atomic mass is 32.2. The number of hydrogen-bond acceptors (Lipinski definition) is 3. The van der Waals surface area contributed by atoms with Crippen molar-refractivity contribution < 1.29 is 13.6 Å². The molecule has 1 aliphatic rings. The van der Waals surface area contributed by atoms with Gasteiger partial charge in [0.25, 0.3) is 5.91 Å². The number of carbonyl (C=O) groups is 1. The Labute approximate surface area is 172 Å². The number of nitrogens with one attached hydrogen (secondary N) is 1. The standard InChI is InChI=1S/C22H23F2N3OS/c1-13-3-6-27-18(10-14-4-7-29-8-5-14)21(26-19(27)9-13)20-16(23)11-15(12-17(20)24)22(28)25-2/h3,6,9,11-12,14H,4-5,7-8,10H2,1-2H3,(H,25,28). The van der Waals surface area contributed by atoms with E-state index in [1.165, 1.54) is 7.05 Å². The zero-order chi connectivity index (χ0) is 20.5. The number of aromatic nitrogens is 2. The maximum atomic E-state index is 15.0. The number of aryl methyl sites for hydroxylation is 1. The molecule has 3 aromatic rings. The number of halogens is 2. The van der Waals surface area contributed by atoms with Crippen molar-refractivity contribution in [2.75, 3.05) is 18.6 Å².